The molecule has 0 spiro atoms. The lowest BCUT2D eigenvalue weighted by Crippen LogP contribution is -2.49. The minimum atomic E-state index is -3.38. The number of amides is 2. The van der Waals surface area contributed by atoms with Gasteiger partial charge in [-0.15, -0.1) is 0 Å². The lowest BCUT2D eigenvalue weighted by molar-refractivity contribution is -0.384. The van der Waals surface area contributed by atoms with E-state index in [1.54, 1.807) is 12.1 Å². The Balaban J connectivity index is 1.76. The van der Waals surface area contributed by atoms with Gasteiger partial charge in [-0.3, -0.25) is 24.6 Å². The molecule has 2 amide bonds. The lowest BCUT2D eigenvalue weighted by Gasteiger charge is -2.31. The quantitative estimate of drug-likeness (QED) is 0.288. The number of hydrogen-bond acceptors (Lipinski definition) is 8. The highest BCUT2D eigenvalue weighted by molar-refractivity contribution is 7.91. The van der Waals surface area contributed by atoms with E-state index in [4.69, 9.17) is 4.42 Å². The molecule has 3 heterocycles. The molecule has 1 aromatic carbocycles. The molecule has 0 saturated carbocycles. The van der Waals surface area contributed by atoms with Crippen LogP contribution in [-0.2, 0) is 19.4 Å². The van der Waals surface area contributed by atoms with Crippen molar-refractivity contribution in [3.05, 3.63) is 69.0 Å². The number of carbonyl (C=O) groups excluding carboxylic acids is 2. The van der Waals surface area contributed by atoms with Crippen LogP contribution in [0.25, 0.3) is 17.4 Å². The highest BCUT2D eigenvalue weighted by Gasteiger charge is 2.43. The van der Waals surface area contributed by atoms with Crippen molar-refractivity contribution in [2.45, 2.75) is 19.4 Å². The Hall–Kier alpha value is -4.04. The van der Waals surface area contributed by atoms with Crippen molar-refractivity contribution < 1.29 is 27.3 Å². The molecule has 0 bridgehead atoms. The van der Waals surface area contributed by atoms with Gasteiger partial charge in [0.15, 0.2) is 9.84 Å². The number of imide groups is 1. The average molecular weight is 467 g/mol. The summed E-state index contributed by atoms with van der Waals surface area (Å²) in [6.45, 7) is 1.45. The minimum Gasteiger partial charge on any atom is -0.456 e. The first kappa shape index (κ1) is 22.2. The van der Waals surface area contributed by atoms with Crippen LogP contribution in [-0.4, -0.2) is 47.6 Å². The van der Waals surface area contributed by atoms with E-state index in [0.717, 1.165) is 4.90 Å². The Morgan fingerprint density at radius 3 is 2.58 bits per heavy atom. The Morgan fingerprint density at radius 2 is 1.94 bits per heavy atom. The fraction of sp³-hybridized carbons (Fsp3) is 0.227. The van der Waals surface area contributed by atoms with Gasteiger partial charge < -0.3 is 4.42 Å². The van der Waals surface area contributed by atoms with Crippen LogP contribution in [0.5, 0.6) is 0 Å². The van der Waals surface area contributed by atoms with Gasteiger partial charge in [0, 0.05) is 11.6 Å². The molecular weight excluding hydrogens is 450 g/mol. The molecule has 1 aromatic heterocycles. The molecule has 0 N–H and O–H groups in total. The summed E-state index contributed by atoms with van der Waals surface area (Å²) >= 11 is 0. The maximum absolute atomic E-state index is 13.2. The second-order valence-electron chi connectivity index (χ2n) is 7.68. The van der Waals surface area contributed by atoms with Crippen LogP contribution in [0.1, 0.15) is 19.1 Å². The SMILES string of the molecule is CC1=C(C#N)C(=O)N([C@H]2CCS(=O)(=O)C2)C(=O)/C1=C/c1ccc(-c2ccccc2[N+](=O)[O-])o1. The Bertz CT molecular complexity index is 1410. The van der Waals surface area contributed by atoms with Gasteiger partial charge in [-0.25, -0.2) is 8.42 Å². The van der Waals surface area contributed by atoms with Gasteiger partial charge in [0.25, 0.3) is 17.5 Å². The number of hydrogen-bond donors (Lipinski definition) is 0. The molecule has 2 aliphatic rings. The van der Waals surface area contributed by atoms with Crippen LogP contribution in [0.2, 0.25) is 0 Å². The Morgan fingerprint density at radius 1 is 1.21 bits per heavy atom. The normalized spacial score (nSPS) is 21.5. The fourth-order valence-corrected chi connectivity index (χ4v) is 5.67. The molecule has 1 saturated heterocycles. The van der Waals surface area contributed by atoms with E-state index >= 15 is 0 Å². The van der Waals surface area contributed by atoms with E-state index in [0.29, 0.717) is 0 Å². The number of carbonyl (C=O) groups is 2. The number of rotatable bonds is 4. The molecule has 2 aromatic rings. The summed E-state index contributed by atoms with van der Waals surface area (Å²) in [5.41, 5.74) is 0.00435. The molecule has 4 rings (SSSR count). The van der Waals surface area contributed by atoms with Gasteiger partial charge in [-0.2, -0.15) is 5.26 Å². The monoisotopic (exact) mass is 467 g/mol. The number of nitriles is 1. The predicted octanol–water partition coefficient (Wildman–Crippen LogP) is 2.63. The van der Waals surface area contributed by atoms with Crippen molar-refractivity contribution in [1.82, 2.24) is 4.90 Å². The summed E-state index contributed by atoms with van der Waals surface area (Å²) in [6, 6.07) is 9.99. The van der Waals surface area contributed by atoms with Gasteiger partial charge in [-0.1, -0.05) is 12.1 Å². The Labute approximate surface area is 188 Å². The molecular formula is C22H17N3O7S. The molecule has 33 heavy (non-hydrogen) atoms. The van der Waals surface area contributed by atoms with Crippen LogP contribution in [0.15, 0.2) is 57.5 Å². The third-order valence-electron chi connectivity index (χ3n) is 5.63. The number of nitro benzene ring substituents is 1. The van der Waals surface area contributed by atoms with E-state index in [9.17, 15) is 33.4 Å². The summed E-state index contributed by atoms with van der Waals surface area (Å²) in [7, 11) is -3.38. The summed E-state index contributed by atoms with van der Waals surface area (Å²) in [6.07, 6.45) is 1.45. The highest BCUT2D eigenvalue weighted by Crippen LogP contribution is 2.34. The van der Waals surface area contributed by atoms with Crippen molar-refractivity contribution >= 4 is 33.4 Å². The van der Waals surface area contributed by atoms with Crippen molar-refractivity contribution in [2.75, 3.05) is 11.5 Å². The molecule has 10 nitrogen and oxygen atoms in total. The van der Waals surface area contributed by atoms with Crippen LogP contribution >= 0.6 is 0 Å². The van der Waals surface area contributed by atoms with Crippen molar-refractivity contribution in [2.24, 2.45) is 0 Å². The maximum atomic E-state index is 13.2. The van der Waals surface area contributed by atoms with Crippen LogP contribution in [0, 0.1) is 21.4 Å². The number of benzene rings is 1. The number of sulfone groups is 1. The molecule has 168 valence electrons. The number of nitro groups is 1. The summed E-state index contributed by atoms with van der Waals surface area (Å²) in [5, 5.41) is 20.8. The third-order valence-corrected chi connectivity index (χ3v) is 7.38. The first-order valence-corrected chi connectivity index (χ1v) is 11.7. The second-order valence-corrected chi connectivity index (χ2v) is 9.91. The van der Waals surface area contributed by atoms with Gasteiger partial charge in [-0.05, 0) is 43.2 Å². The van der Waals surface area contributed by atoms with Crippen molar-refractivity contribution in [3.8, 4) is 17.4 Å². The van der Waals surface area contributed by atoms with Gasteiger partial charge in [0.1, 0.15) is 23.2 Å². The maximum Gasteiger partial charge on any atom is 0.280 e. The zero-order valence-electron chi connectivity index (χ0n) is 17.3. The summed E-state index contributed by atoms with van der Waals surface area (Å²) in [4.78, 5) is 37.6. The van der Waals surface area contributed by atoms with Gasteiger partial charge in [0.05, 0.1) is 28.0 Å². The molecule has 0 aliphatic carbocycles. The van der Waals surface area contributed by atoms with Crippen molar-refractivity contribution in [3.63, 3.8) is 0 Å². The number of furan rings is 1. The van der Waals surface area contributed by atoms with E-state index in [-0.39, 0.29) is 57.4 Å². The molecule has 11 heteroatoms. The average Bonchev–Trinajstić information content (AvgIpc) is 3.37. The van der Waals surface area contributed by atoms with E-state index in [1.165, 1.54) is 43.3 Å². The van der Waals surface area contributed by atoms with E-state index < -0.39 is 32.6 Å². The van der Waals surface area contributed by atoms with Gasteiger partial charge >= 0.3 is 0 Å². The molecule has 0 radical (unpaired) electrons. The standard InChI is InChI=1S/C22H17N3O7S/c1-13-17(10-15-6-7-20(32-15)16-4-2-3-5-19(16)25(28)29)21(26)24(22(27)18(13)11-23)14-8-9-33(30,31)12-14/h2-7,10,14H,8-9,12H2,1H3/b17-10+/t14-/m0/s1. The van der Waals surface area contributed by atoms with Crippen LogP contribution < -0.4 is 0 Å². The first-order chi connectivity index (χ1) is 15.6. The summed E-state index contributed by atoms with van der Waals surface area (Å²) < 4.78 is 29.5. The highest BCUT2D eigenvalue weighted by atomic mass is 32.2. The largest absolute Gasteiger partial charge is 0.456 e. The van der Waals surface area contributed by atoms with Crippen LogP contribution in [0.4, 0.5) is 5.69 Å². The fourth-order valence-electron chi connectivity index (χ4n) is 3.97. The zero-order chi connectivity index (χ0) is 23.9. The predicted molar refractivity (Wildman–Crippen MR) is 116 cm³/mol. The zero-order valence-corrected chi connectivity index (χ0v) is 18.2. The first-order valence-electron chi connectivity index (χ1n) is 9.88. The van der Waals surface area contributed by atoms with Gasteiger partial charge in [0.2, 0.25) is 0 Å². The second kappa shape index (κ2) is 8.14. The molecule has 0 unspecified atom stereocenters. The molecule has 1 fully saturated rings. The summed E-state index contributed by atoms with van der Waals surface area (Å²) in [5.74, 6) is -1.65. The van der Waals surface area contributed by atoms with E-state index in [2.05, 4.69) is 0 Å². The van der Waals surface area contributed by atoms with Crippen molar-refractivity contribution in [1.29, 1.82) is 5.26 Å². The van der Waals surface area contributed by atoms with E-state index in [1.807, 2.05) is 0 Å². The number of para-hydroxylation sites is 1. The minimum absolute atomic E-state index is 0.0129. The Kier molecular flexibility index (Phi) is 5.47. The number of nitrogens with zero attached hydrogens (tertiary/aromatic N) is 3. The smallest absolute Gasteiger partial charge is 0.280 e. The third kappa shape index (κ3) is 3.96. The van der Waals surface area contributed by atoms with Crippen LogP contribution in [0.3, 0.4) is 0 Å². The topological polar surface area (TPSA) is 152 Å². The molecule has 2 aliphatic heterocycles. The lowest BCUT2D eigenvalue weighted by atomic mass is 9.93. The molecule has 1 atom stereocenters.